The van der Waals surface area contributed by atoms with Gasteiger partial charge in [-0.1, -0.05) is 23.5 Å². The Kier molecular flexibility index (Phi) is 4.56. The van der Waals surface area contributed by atoms with Gasteiger partial charge in [-0.2, -0.15) is 4.99 Å². The molecular weight excluding hydrogens is 380 g/mol. The van der Waals surface area contributed by atoms with E-state index in [2.05, 4.69) is 4.99 Å². The van der Waals surface area contributed by atoms with E-state index in [9.17, 15) is 4.79 Å². The normalized spacial score (nSPS) is 11.9. The first kappa shape index (κ1) is 18.1. The molecular formula is C20H18N2O5S. The van der Waals surface area contributed by atoms with Crippen LogP contribution >= 0.6 is 11.3 Å². The molecule has 4 aromatic rings. The van der Waals surface area contributed by atoms with E-state index < -0.39 is 5.91 Å². The number of hydrogen-bond acceptors (Lipinski definition) is 6. The quantitative estimate of drug-likeness (QED) is 0.523. The molecule has 0 saturated carbocycles. The number of thiazole rings is 1. The molecule has 0 unspecified atom stereocenters. The van der Waals surface area contributed by atoms with Crippen LogP contribution in [0.4, 0.5) is 0 Å². The topological polar surface area (TPSA) is 75.2 Å². The lowest BCUT2D eigenvalue weighted by atomic mass is 10.2. The van der Waals surface area contributed by atoms with Gasteiger partial charge in [0, 0.05) is 12.4 Å². The van der Waals surface area contributed by atoms with Gasteiger partial charge >= 0.3 is 5.91 Å². The molecule has 0 N–H and O–H groups in total. The fourth-order valence-corrected chi connectivity index (χ4v) is 4.20. The first-order chi connectivity index (χ1) is 13.6. The molecule has 0 aliphatic carbocycles. The highest BCUT2D eigenvalue weighted by molar-refractivity contribution is 7.16. The van der Waals surface area contributed by atoms with Crippen LogP contribution in [0.3, 0.4) is 0 Å². The Labute approximate surface area is 164 Å². The molecule has 1 amide bonds. The summed E-state index contributed by atoms with van der Waals surface area (Å²) in [5.74, 6) is 1.61. The van der Waals surface area contributed by atoms with Gasteiger partial charge < -0.3 is 23.2 Å². The van der Waals surface area contributed by atoms with Gasteiger partial charge in [0.25, 0.3) is 0 Å². The van der Waals surface area contributed by atoms with E-state index in [0.717, 1.165) is 15.6 Å². The zero-order valence-corrected chi connectivity index (χ0v) is 16.6. The van der Waals surface area contributed by atoms with Crippen LogP contribution in [-0.4, -0.2) is 31.8 Å². The second kappa shape index (κ2) is 7.05. The summed E-state index contributed by atoms with van der Waals surface area (Å²) >= 11 is 1.35. The average molecular weight is 398 g/mol. The molecule has 0 aliphatic heterocycles. The molecule has 0 fully saturated rings. The van der Waals surface area contributed by atoms with Gasteiger partial charge in [0.15, 0.2) is 21.9 Å². The van der Waals surface area contributed by atoms with Crippen molar-refractivity contribution in [1.29, 1.82) is 0 Å². The van der Waals surface area contributed by atoms with Gasteiger partial charge in [-0.05, 0) is 24.3 Å². The van der Waals surface area contributed by atoms with Crippen LogP contribution in [0.15, 0.2) is 45.8 Å². The minimum atomic E-state index is -0.474. The summed E-state index contributed by atoms with van der Waals surface area (Å²) in [6, 6.07) is 10.8. The van der Waals surface area contributed by atoms with Crippen molar-refractivity contribution >= 4 is 38.4 Å². The molecule has 0 atom stereocenters. The summed E-state index contributed by atoms with van der Waals surface area (Å²) in [5, 5.41) is 0.780. The van der Waals surface area contributed by atoms with Crippen LogP contribution in [-0.2, 0) is 7.05 Å². The minimum Gasteiger partial charge on any atom is -0.495 e. The van der Waals surface area contributed by atoms with Gasteiger partial charge in [0.05, 0.1) is 21.3 Å². The highest BCUT2D eigenvalue weighted by atomic mass is 32.1. The zero-order chi connectivity index (χ0) is 19.8. The van der Waals surface area contributed by atoms with E-state index >= 15 is 0 Å². The maximum Gasteiger partial charge on any atom is 0.315 e. The summed E-state index contributed by atoms with van der Waals surface area (Å²) in [4.78, 5) is 17.5. The fourth-order valence-electron chi connectivity index (χ4n) is 3.07. The average Bonchev–Trinajstić information content (AvgIpc) is 3.29. The lowest BCUT2D eigenvalue weighted by molar-refractivity contribution is 0.0973. The molecule has 0 aliphatic rings. The number of nitrogens with zero attached hydrogens (tertiary/aromatic N) is 2. The van der Waals surface area contributed by atoms with E-state index in [4.69, 9.17) is 18.6 Å². The number of amides is 1. The largest absolute Gasteiger partial charge is 0.495 e. The second-order valence-corrected chi connectivity index (χ2v) is 6.98. The van der Waals surface area contributed by atoms with Gasteiger partial charge in [0.2, 0.25) is 0 Å². The number of methoxy groups -OCH3 is 3. The number of hydrogen-bond donors (Lipinski definition) is 0. The van der Waals surface area contributed by atoms with Crippen molar-refractivity contribution in [3.63, 3.8) is 0 Å². The molecule has 144 valence electrons. The van der Waals surface area contributed by atoms with E-state index in [1.54, 1.807) is 33.5 Å². The number of aryl methyl sites for hydroxylation is 1. The lowest BCUT2D eigenvalue weighted by Crippen LogP contribution is -2.13. The smallest absolute Gasteiger partial charge is 0.315 e. The third-order valence-corrected chi connectivity index (χ3v) is 5.60. The van der Waals surface area contributed by atoms with Crippen molar-refractivity contribution in [1.82, 2.24) is 4.57 Å². The number of carbonyl (C=O) groups is 1. The van der Waals surface area contributed by atoms with Gasteiger partial charge in [-0.25, -0.2) is 0 Å². The predicted octanol–water partition coefficient (Wildman–Crippen LogP) is 3.75. The molecule has 2 aromatic heterocycles. The van der Waals surface area contributed by atoms with Crippen LogP contribution < -0.4 is 19.0 Å². The number of para-hydroxylation sites is 1. The monoisotopic (exact) mass is 398 g/mol. The number of fused-ring (bicyclic) bond motifs is 2. The van der Waals surface area contributed by atoms with Crippen LogP contribution in [0.1, 0.15) is 10.6 Å². The molecule has 28 heavy (non-hydrogen) atoms. The molecule has 0 spiro atoms. The molecule has 0 radical (unpaired) electrons. The molecule has 7 nitrogen and oxygen atoms in total. The molecule has 4 rings (SSSR count). The third kappa shape index (κ3) is 2.82. The highest BCUT2D eigenvalue weighted by Gasteiger charge is 2.17. The number of furan rings is 1. The van der Waals surface area contributed by atoms with E-state index in [1.807, 2.05) is 35.9 Å². The van der Waals surface area contributed by atoms with Gasteiger partial charge in [0.1, 0.15) is 21.7 Å². The summed E-state index contributed by atoms with van der Waals surface area (Å²) < 4.78 is 24.5. The lowest BCUT2D eigenvalue weighted by Gasteiger charge is -2.06. The Balaban J connectivity index is 1.86. The Morgan fingerprint density at radius 1 is 1.04 bits per heavy atom. The summed E-state index contributed by atoms with van der Waals surface area (Å²) in [6.07, 6.45) is 0. The zero-order valence-electron chi connectivity index (χ0n) is 15.8. The second-order valence-electron chi connectivity index (χ2n) is 6.00. The SMILES string of the molecule is COc1cccc2cc(C(=O)N=c3sc4c(OC)ccc(OC)c4n3C)oc12. The first-order valence-corrected chi connectivity index (χ1v) is 9.25. The van der Waals surface area contributed by atoms with Crippen molar-refractivity contribution in [3.8, 4) is 17.2 Å². The van der Waals surface area contributed by atoms with Crippen LogP contribution in [0, 0.1) is 0 Å². The van der Waals surface area contributed by atoms with Crippen molar-refractivity contribution in [2.45, 2.75) is 0 Å². The minimum absolute atomic E-state index is 0.149. The highest BCUT2D eigenvalue weighted by Crippen LogP contribution is 2.34. The van der Waals surface area contributed by atoms with Crippen LogP contribution in [0.25, 0.3) is 21.2 Å². The van der Waals surface area contributed by atoms with Crippen molar-refractivity contribution in [3.05, 3.63) is 47.0 Å². The van der Waals surface area contributed by atoms with E-state index in [0.29, 0.717) is 27.6 Å². The number of benzene rings is 2. The van der Waals surface area contributed by atoms with Crippen LogP contribution in [0.2, 0.25) is 0 Å². The van der Waals surface area contributed by atoms with Gasteiger partial charge in [-0.15, -0.1) is 0 Å². The standard InChI is InChI=1S/C20H18N2O5S/c1-22-16-12(24-2)8-9-14(26-4)18(16)28-20(22)21-19(23)15-10-11-6-5-7-13(25-3)17(11)27-15/h5-10H,1-4H3. The third-order valence-electron chi connectivity index (χ3n) is 4.45. The van der Waals surface area contributed by atoms with Gasteiger partial charge in [-0.3, -0.25) is 4.79 Å². The Morgan fingerprint density at radius 3 is 2.46 bits per heavy atom. The Morgan fingerprint density at radius 2 is 1.75 bits per heavy atom. The Hall–Kier alpha value is -3.26. The van der Waals surface area contributed by atoms with Crippen LogP contribution in [0.5, 0.6) is 17.2 Å². The van der Waals surface area contributed by atoms with E-state index in [1.165, 1.54) is 11.3 Å². The molecule has 2 heterocycles. The summed E-state index contributed by atoms with van der Waals surface area (Å²) in [7, 11) is 6.59. The number of carbonyl (C=O) groups excluding carboxylic acids is 1. The Bertz CT molecular complexity index is 1270. The van der Waals surface area contributed by atoms with Crippen molar-refractivity contribution < 1.29 is 23.4 Å². The van der Waals surface area contributed by atoms with Crippen molar-refractivity contribution in [2.75, 3.05) is 21.3 Å². The summed E-state index contributed by atoms with van der Waals surface area (Å²) in [6.45, 7) is 0. The van der Waals surface area contributed by atoms with Crippen molar-refractivity contribution in [2.24, 2.45) is 12.0 Å². The maximum atomic E-state index is 12.8. The summed E-state index contributed by atoms with van der Waals surface area (Å²) in [5.41, 5.74) is 1.33. The number of ether oxygens (including phenoxy) is 3. The predicted molar refractivity (Wildman–Crippen MR) is 107 cm³/mol. The fraction of sp³-hybridized carbons (Fsp3) is 0.200. The molecule has 0 bridgehead atoms. The first-order valence-electron chi connectivity index (χ1n) is 8.43. The number of aromatic nitrogens is 1. The van der Waals surface area contributed by atoms with E-state index in [-0.39, 0.29) is 5.76 Å². The maximum absolute atomic E-state index is 12.8. The molecule has 8 heteroatoms. The number of rotatable bonds is 4. The molecule has 0 saturated heterocycles. The molecule has 2 aromatic carbocycles.